The molecule has 2 aromatic carbocycles. The summed E-state index contributed by atoms with van der Waals surface area (Å²) in [6, 6.07) is 16.2. The van der Waals surface area contributed by atoms with Gasteiger partial charge in [-0.2, -0.15) is 0 Å². The van der Waals surface area contributed by atoms with Crippen molar-refractivity contribution in [3.63, 3.8) is 0 Å². The summed E-state index contributed by atoms with van der Waals surface area (Å²) >= 11 is 0. The van der Waals surface area contributed by atoms with Crippen molar-refractivity contribution in [1.82, 2.24) is 0 Å². The SMILES string of the molecule is CC(CCc1cccc(P(=O)(O)Cc2ccccc2)c1)C(=O)O. The van der Waals surface area contributed by atoms with Gasteiger partial charge in [0.2, 0.25) is 7.37 Å². The predicted octanol–water partition coefficient (Wildman–Crippen LogP) is 3.44. The van der Waals surface area contributed by atoms with E-state index in [1.165, 1.54) is 0 Å². The number of hydrogen-bond donors (Lipinski definition) is 2. The molecular formula is C18H21O4P. The zero-order valence-electron chi connectivity index (χ0n) is 13.1. The number of hydrogen-bond acceptors (Lipinski definition) is 2. The summed E-state index contributed by atoms with van der Waals surface area (Å²) in [5.41, 5.74) is 1.71. The third-order valence-corrected chi connectivity index (χ3v) is 5.72. The lowest BCUT2D eigenvalue weighted by atomic mass is 10.0. The summed E-state index contributed by atoms with van der Waals surface area (Å²) in [5, 5.41) is 9.34. The first-order valence-electron chi connectivity index (χ1n) is 7.56. The fourth-order valence-corrected chi connectivity index (χ4v) is 3.93. The molecule has 0 aliphatic heterocycles. The zero-order chi connectivity index (χ0) is 16.9. The first-order chi connectivity index (χ1) is 10.9. The summed E-state index contributed by atoms with van der Waals surface area (Å²) < 4.78 is 12.6. The number of carbonyl (C=O) groups is 1. The standard InChI is InChI=1S/C18H21O4P/c1-14(18(19)20)10-11-15-8-5-9-17(12-15)23(21,22)13-16-6-3-2-4-7-16/h2-9,12,14H,10-11,13H2,1H3,(H,19,20)(H,21,22). The van der Waals surface area contributed by atoms with Gasteiger partial charge in [-0.05, 0) is 36.1 Å². The second-order valence-corrected chi connectivity index (χ2v) is 8.03. The van der Waals surface area contributed by atoms with E-state index in [-0.39, 0.29) is 6.16 Å². The summed E-state index contributed by atoms with van der Waals surface area (Å²) in [6.45, 7) is 1.67. The largest absolute Gasteiger partial charge is 0.481 e. The van der Waals surface area contributed by atoms with E-state index >= 15 is 0 Å². The minimum Gasteiger partial charge on any atom is -0.481 e. The third-order valence-electron chi connectivity index (χ3n) is 3.84. The second-order valence-electron chi connectivity index (χ2n) is 5.79. The topological polar surface area (TPSA) is 74.6 Å². The molecular weight excluding hydrogens is 311 g/mol. The maximum atomic E-state index is 12.6. The van der Waals surface area contributed by atoms with Crippen LogP contribution in [0.5, 0.6) is 0 Å². The van der Waals surface area contributed by atoms with Gasteiger partial charge < -0.3 is 10.00 Å². The van der Waals surface area contributed by atoms with Crippen molar-refractivity contribution in [1.29, 1.82) is 0 Å². The molecule has 2 N–H and O–H groups in total. The molecule has 0 fully saturated rings. The number of aliphatic carboxylic acids is 1. The van der Waals surface area contributed by atoms with Gasteiger partial charge in [0.05, 0.1) is 12.1 Å². The van der Waals surface area contributed by atoms with Gasteiger partial charge in [0, 0.05) is 5.30 Å². The van der Waals surface area contributed by atoms with Crippen LogP contribution < -0.4 is 5.30 Å². The van der Waals surface area contributed by atoms with Crippen molar-refractivity contribution in [2.24, 2.45) is 5.92 Å². The summed E-state index contributed by atoms with van der Waals surface area (Å²) in [7, 11) is -3.48. The van der Waals surface area contributed by atoms with Crippen LogP contribution in [0.25, 0.3) is 0 Å². The molecule has 0 aromatic heterocycles. The Hall–Kier alpha value is -1.90. The molecule has 0 amide bonds. The number of benzene rings is 2. The van der Waals surface area contributed by atoms with Crippen molar-refractivity contribution in [2.45, 2.75) is 25.9 Å². The van der Waals surface area contributed by atoms with E-state index in [1.54, 1.807) is 25.1 Å². The molecule has 0 aliphatic carbocycles. The van der Waals surface area contributed by atoms with Crippen LogP contribution in [0, 0.1) is 5.92 Å². The summed E-state index contributed by atoms with van der Waals surface area (Å²) in [6.07, 6.45) is 1.18. The Morgan fingerprint density at radius 2 is 1.74 bits per heavy atom. The lowest BCUT2D eigenvalue weighted by Gasteiger charge is -2.14. The maximum absolute atomic E-state index is 12.6. The molecule has 0 saturated carbocycles. The van der Waals surface area contributed by atoms with E-state index in [2.05, 4.69) is 0 Å². The first-order valence-corrected chi connectivity index (χ1v) is 9.41. The van der Waals surface area contributed by atoms with Crippen molar-refractivity contribution in [3.8, 4) is 0 Å². The van der Waals surface area contributed by atoms with Gasteiger partial charge in [0.25, 0.3) is 0 Å². The molecule has 2 rings (SSSR count). The second kappa shape index (κ2) is 7.58. The highest BCUT2D eigenvalue weighted by Gasteiger charge is 2.22. The molecule has 122 valence electrons. The molecule has 0 spiro atoms. The van der Waals surface area contributed by atoms with Crippen molar-refractivity contribution < 1.29 is 19.4 Å². The van der Waals surface area contributed by atoms with Crippen molar-refractivity contribution >= 4 is 18.6 Å². The molecule has 2 unspecified atom stereocenters. The van der Waals surface area contributed by atoms with Crippen LogP contribution in [0.2, 0.25) is 0 Å². The maximum Gasteiger partial charge on any atom is 0.306 e. The highest BCUT2D eigenvalue weighted by molar-refractivity contribution is 7.65. The van der Waals surface area contributed by atoms with E-state index in [4.69, 9.17) is 5.11 Å². The zero-order valence-corrected chi connectivity index (χ0v) is 13.9. The Balaban J connectivity index is 2.11. The third kappa shape index (κ3) is 5.05. The fourth-order valence-electron chi connectivity index (χ4n) is 2.36. The smallest absolute Gasteiger partial charge is 0.306 e. The Bertz CT molecular complexity index is 712. The molecule has 23 heavy (non-hydrogen) atoms. The molecule has 0 saturated heterocycles. The van der Waals surface area contributed by atoms with Gasteiger partial charge in [-0.3, -0.25) is 9.36 Å². The fraction of sp³-hybridized carbons (Fsp3) is 0.278. The number of rotatable bonds is 7. The molecule has 5 heteroatoms. The Labute approximate surface area is 136 Å². The van der Waals surface area contributed by atoms with Gasteiger partial charge in [-0.25, -0.2) is 0 Å². The highest BCUT2D eigenvalue weighted by Crippen LogP contribution is 2.43. The van der Waals surface area contributed by atoms with Crippen LogP contribution in [-0.4, -0.2) is 16.0 Å². The molecule has 4 nitrogen and oxygen atoms in total. The van der Waals surface area contributed by atoms with Gasteiger partial charge in [0.1, 0.15) is 0 Å². The van der Waals surface area contributed by atoms with Crippen LogP contribution in [-0.2, 0) is 21.9 Å². The Morgan fingerprint density at radius 3 is 2.39 bits per heavy atom. The molecule has 0 bridgehead atoms. The number of carboxylic acids is 1. The molecule has 2 atom stereocenters. The van der Waals surface area contributed by atoms with Crippen molar-refractivity contribution in [2.75, 3.05) is 0 Å². The van der Waals surface area contributed by atoms with Gasteiger partial charge >= 0.3 is 5.97 Å². The highest BCUT2D eigenvalue weighted by atomic mass is 31.2. The number of carboxylic acid groups (broad SMARTS) is 1. The quantitative estimate of drug-likeness (QED) is 0.762. The molecule has 0 radical (unpaired) electrons. The van der Waals surface area contributed by atoms with E-state index in [1.807, 2.05) is 36.4 Å². The molecule has 2 aromatic rings. The van der Waals surface area contributed by atoms with E-state index in [0.717, 1.165) is 11.1 Å². The average molecular weight is 332 g/mol. The molecule has 0 aliphatic rings. The van der Waals surface area contributed by atoms with Gasteiger partial charge in [-0.1, -0.05) is 49.4 Å². The van der Waals surface area contributed by atoms with Gasteiger partial charge in [0.15, 0.2) is 0 Å². The monoisotopic (exact) mass is 332 g/mol. The van der Waals surface area contributed by atoms with Crippen LogP contribution in [0.4, 0.5) is 0 Å². The van der Waals surface area contributed by atoms with E-state index in [0.29, 0.717) is 18.1 Å². The molecule has 0 heterocycles. The Morgan fingerprint density at radius 1 is 1.09 bits per heavy atom. The van der Waals surface area contributed by atoms with Crippen LogP contribution in [0.15, 0.2) is 54.6 Å². The van der Waals surface area contributed by atoms with Crippen LogP contribution >= 0.6 is 7.37 Å². The minimum atomic E-state index is -3.48. The normalized spacial score (nSPS) is 14.9. The Kier molecular flexibility index (Phi) is 5.75. The summed E-state index contributed by atoms with van der Waals surface area (Å²) in [5.74, 6) is -1.25. The van der Waals surface area contributed by atoms with E-state index in [9.17, 15) is 14.3 Å². The van der Waals surface area contributed by atoms with Crippen LogP contribution in [0.1, 0.15) is 24.5 Å². The van der Waals surface area contributed by atoms with Crippen LogP contribution in [0.3, 0.4) is 0 Å². The first kappa shape index (κ1) is 17.5. The van der Waals surface area contributed by atoms with Crippen molar-refractivity contribution in [3.05, 3.63) is 65.7 Å². The summed E-state index contributed by atoms with van der Waals surface area (Å²) in [4.78, 5) is 21.3. The number of aryl methyl sites for hydroxylation is 1. The van der Waals surface area contributed by atoms with Gasteiger partial charge in [-0.15, -0.1) is 0 Å². The lowest BCUT2D eigenvalue weighted by molar-refractivity contribution is -0.141. The van der Waals surface area contributed by atoms with E-state index < -0.39 is 19.3 Å². The minimum absolute atomic E-state index is 0.100. The lowest BCUT2D eigenvalue weighted by Crippen LogP contribution is -2.11. The average Bonchev–Trinajstić information content (AvgIpc) is 2.53. The predicted molar refractivity (Wildman–Crippen MR) is 91.2 cm³/mol.